The Morgan fingerprint density at radius 1 is 1.47 bits per heavy atom. The van der Waals surface area contributed by atoms with Crippen molar-refractivity contribution in [1.29, 1.82) is 0 Å². The molecule has 1 N–H and O–H groups in total. The summed E-state index contributed by atoms with van der Waals surface area (Å²) >= 11 is 11.6. The van der Waals surface area contributed by atoms with Gasteiger partial charge in [0.05, 0.1) is 5.69 Å². The van der Waals surface area contributed by atoms with Crippen LogP contribution >= 0.6 is 23.2 Å². The van der Waals surface area contributed by atoms with E-state index in [9.17, 15) is 0 Å². The van der Waals surface area contributed by atoms with Gasteiger partial charge in [-0.3, -0.25) is 0 Å². The molecule has 0 spiro atoms. The van der Waals surface area contributed by atoms with Crippen LogP contribution in [0.1, 0.15) is 20.3 Å². The largest absolute Gasteiger partial charge is 0.382 e. The predicted molar refractivity (Wildman–Crippen MR) is 62.4 cm³/mol. The third-order valence-electron chi connectivity index (χ3n) is 2.98. The molecule has 3 nitrogen and oxygen atoms in total. The van der Waals surface area contributed by atoms with E-state index in [4.69, 9.17) is 23.2 Å². The van der Waals surface area contributed by atoms with E-state index in [2.05, 4.69) is 29.4 Å². The van der Waals surface area contributed by atoms with Gasteiger partial charge in [-0.25, -0.2) is 0 Å². The summed E-state index contributed by atoms with van der Waals surface area (Å²) in [5, 5.41) is 11.4. The Morgan fingerprint density at radius 2 is 2.13 bits per heavy atom. The maximum atomic E-state index is 5.88. The zero-order valence-corrected chi connectivity index (χ0v) is 10.2. The van der Waals surface area contributed by atoms with E-state index in [1.807, 2.05) is 0 Å². The van der Waals surface area contributed by atoms with Crippen LogP contribution in [0, 0.1) is 11.3 Å². The lowest BCUT2D eigenvalue weighted by Gasteiger charge is -2.08. The Hall–Kier alpha value is -0.540. The van der Waals surface area contributed by atoms with Crippen molar-refractivity contribution in [2.45, 2.75) is 20.3 Å². The number of nitrogens with one attached hydrogen (secondary N) is 1. The highest BCUT2D eigenvalue weighted by Gasteiger charge is 2.44. The monoisotopic (exact) mass is 245 g/mol. The number of halogens is 2. The fourth-order valence-corrected chi connectivity index (χ4v) is 1.94. The van der Waals surface area contributed by atoms with Crippen LogP contribution in [0.2, 0.25) is 10.3 Å². The predicted octanol–water partition coefficient (Wildman–Crippen LogP) is 3.24. The van der Waals surface area contributed by atoms with Gasteiger partial charge >= 0.3 is 0 Å². The van der Waals surface area contributed by atoms with Crippen LogP contribution < -0.4 is 5.32 Å². The van der Waals surface area contributed by atoms with Gasteiger partial charge in [0.2, 0.25) is 0 Å². The molecule has 1 aliphatic carbocycles. The third-order valence-corrected chi connectivity index (χ3v) is 3.44. The Kier molecular flexibility index (Phi) is 2.77. The van der Waals surface area contributed by atoms with E-state index in [0.717, 1.165) is 12.2 Å². The first-order chi connectivity index (χ1) is 6.99. The zero-order chi connectivity index (χ0) is 11.1. The summed E-state index contributed by atoms with van der Waals surface area (Å²) in [6, 6.07) is 1.70. The molecule has 0 saturated heterocycles. The minimum absolute atomic E-state index is 0.358. The molecule has 0 amide bonds. The summed E-state index contributed by atoms with van der Waals surface area (Å²) < 4.78 is 0. The fraction of sp³-hybridized carbons (Fsp3) is 0.600. The van der Waals surface area contributed by atoms with E-state index in [0.29, 0.717) is 21.6 Å². The van der Waals surface area contributed by atoms with E-state index >= 15 is 0 Å². The SMILES string of the molecule is CC1(C)CC1CNc1cc(Cl)nnc1Cl. The summed E-state index contributed by atoms with van der Waals surface area (Å²) in [4.78, 5) is 0. The molecule has 1 saturated carbocycles. The fourth-order valence-electron chi connectivity index (χ4n) is 1.63. The lowest BCUT2D eigenvalue weighted by molar-refractivity contribution is 0.573. The van der Waals surface area contributed by atoms with Crippen LogP contribution in [0.15, 0.2) is 6.07 Å². The Labute approximate surface area is 99.2 Å². The van der Waals surface area contributed by atoms with Crippen molar-refractivity contribution in [2.75, 3.05) is 11.9 Å². The van der Waals surface area contributed by atoms with Crippen molar-refractivity contribution < 1.29 is 0 Å². The van der Waals surface area contributed by atoms with E-state index in [1.165, 1.54) is 6.42 Å². The Bertz CT molecular complexity index is 379. The normalized spacial score (nSPS) is 22.5. The highest BCUT2D eigenvalue weighted by molar-refractivity contribution is 6.33. The molecule has 1 heterocycles. The summed E-state index contributed by atoms with van der Waals surface area (Å²) in [6.07, 6.45) is 1.25. The van der Waals surface area contributed by atoms with Crippen LogP contribution in [0.5, 0.6) is 0 Å². The second kappa shape index (κ2) is 3.80. The molecule has 1 aliphatic rings. The van der Waals surface area contributed by atoms with Crippen LogP contribution in [0.4, 0.5) is 5.69 Å². The van der Waals surface area contributed by atoms with Gasteiger partial charge in [-0.15, -0.1) is 10.2 Å². The van der Waals surface area contributed by atoms with Crippen LogP contribution in [-0.4, -0.2) is 16.7 Å². The molecule has 0 bridgehead atoms. The molecule has 0 radical (unpaired) electrons. The van der Waals surface area contributed by atoms with E-state index < -0.39 is 0 Å². The molecule has 2 rings (SSSR count). The van der Waals surface area contributed by atoms with Gasteiger partial charge in [-0.05, 0) is 17.8 Å². The molecule has 15 heavy (non-hydrogen) atoms. The molecular weight excluding hydrogens is 233 g/mol. The van der Waals surface area contributed by atoms with Crippen LogP contribution in [0.25, 0.3) is 0 Å². The molecule has 0 aromatic carbocycles. The highest BCUT2D eigenvalue weighted by atomic mass is 35.5. The second-order valence-corrected chi connectivity index (χ2v) is 5.39. The second-order valence-electron chi connectivity index (χ2n) is 4.64. The molecule has 1 atom stereocenters. The van der Waals surface area contributed by atoms with Crippen molar-refractivity contribution in [1.82, 2.24) is 10.2 Å². The molecular formula is C10H13Cl2N3. The molecule has 82 valence electrons. The van der Waals surface area contributed by atoms with E-state index in [1.54, 1.807) is 6.07 Å². The smallest absolute Gasteiger partial charge is 0.174 e. The van der Waals surface area contributed by atoms with Gasteiger partial charge < -0.3 is 5.32 Å². The third kappa shape index (κ3) is 2.52. The number of rotatable bonds is 3. The first-order valence-corrected chi connectivity index (χ1v) is 5.67. The number of anilines is 1. The summed E-state index contributed by atoms with van der Waals surface area (Å²) in [5.41, 5.74) is 1.23. The van der Waals surface area contributed by atoms with Gasteiger partial charge in [0.15, 0.2) is 10.3 Å². The van der Waals surface area contributed by atoms with Gasteiger partial charge in [0.25, 0.3) is 0 Å². The first kappa shape index (κ1) is 11.0. The summed E-state index contributed by atoms with van der Waals surface area (Å²) in [6.45, 7) is 5.44. The zero-order valence-electron chi connectivity index (χ0n) is 8.72. The average molecular weight is 246 g/mol. The van der Waals surface area contributed by atoms with Crippen LogP contribution in [0.3, 0.4) is 0 Å². The molecule has 1 unspecified atom stereocenters. The van der Waals surface area contributed by atoms with Gasteiger partial charge in [-0.2, -0.15) is 0 Å². The van der Waals surface area contributed by atoms with Crippen LogP contribution in [-0.2, 0) is 0 Å². The van der Waals surface area contributed by atoms with Crippen molar-refractivity contribution in [3.63, 3.8) is 0 Å². The van der Waals surface area contributed by atoms with Gasteiger partial charge in [0.1, 0.15) is 0 Å². The van der Waals surface area contributed by atoms with Crippen molar-refractivity contribution in [3.8, 4) is 0 Å². The maximum absolute atomic E-state index is 5.88. The van der Waals surface area contributed by atoms with Gasteiger partial charge in [0, 0.05) is 12.6 Å². The molecule has 1 aromatic heterocycles. The van der Waals surface area contributed by atoms with Crippen molar-refractivity contribution >= 4 is 28.9 Å². The molecule has 5 heteroatoms. The minimum atomic E-state index is 0.358. The Balaban J connectivity index is 1.96. The topological polar surface area (TPSA) is 37.8 Å². The minimum Gasteiger partial charge on any atom is -0.382 e. The van der Waals surface area contributed by atoms with E-state index in [-0.39, 0.29) is 0 Å². The number of hydrogen-bond donors (Lipinski definition) is 1. The first-order valence-electron chi connectivity index (χ1n) is 4.91. The quantitative estimate of drug-likeness (QED) is 0.889. The van der Waals surface area contributed by atoms with Gasteiger partial charge in [-0.1, -0.05) is 37.0 Å². The standard InChI is InChI=1S/C10H13Cl2N3/c1-10(2)4-6(10)5-13-7-3-8(11)14-15-9(7)12/h3,6H,4-5H2,1-2H3,(H,13,14). The Morgan fingerprint density at radius 3 is 2.73 bits per heavy atom. The highest BCUT2D eigenvalue weighted by Crippen LogP contribution is 2.51. The summed E-state index contributed by atoms with van der Waals surface area (Å²) in [7, 11) is 0. The molecule has 1 aromatic rings. The maximum Gasteiger partial charge on any atom is 0.174 e. The summed E-state index contributed by atoms with van der Waals surface area (Å²) in [5.74, 6) is 0.709. The lowest BCUT2D eigenvalue weighted by Crippen LogP contribution is -2.08. The lowest BCUT2D eigenvalue weighted by atomic mass is 10.1. The molecule has 1 fully saturated rings. The van der Waals surface area contributed by atoms with Crippen molar-refractivity contribution in [2.24, 2.45) is 11.3 Å². The number of nitrogens with zero attached hydrogens (tertiary/aromatic N) is 2. The van der Waals surface area contributed by atoms with Crippen molar-refractivity contribution in [3.05, 3.63) is 16.4 Å². The number of aromatic nitrogens is 2. The average Bonchev–Trinajstić information content (AvgIpc) is 2.76. The molecule has 0 aliphatic heterocycles. The number of hydrogen-bond acceptors (Lipinski definition) is 3.